The number of aliphatic hydroxyl groups is 1. The first-order valence-electron chi connectivity index (χ1n) is 8.02. The van der Waals surface area contributed by atoms with Gasteiger partial charge in [-0.2, -0.15) is 0 Å². The minimum absolute atomic E-state index is 0.115. The highest BCUT2D eigenvalue weighted by Crippen LogP contribution is 2.24. The second-order valence-electron chi connectivity index (χ2n) is 6.08. The first-order valence-corrected chi connectivity index (χ1v) is 9.54. The maximum atomic E-state index is 12.4. The standard InChI is InChI=1S/C17H19ClN4O3S/c1-10-4-3-5-11(6-10)8-22-13-14(21(2)16(25)20-15(13)24)19-17(22)26-9-12(23)7-18/h3-6,12,23H,7-9H2,1-2H3,(H,20,24,25)/t12-/m1/s1. The number of aliphatic hydroxyl groups excluding tert-OH is 1. The number of hydrogen-bond donors (Lipinski definition) is 2. The number of aromatic amines is 1. The number of thioether (sulfide) groups is 1. The molecule has 0 spiro atoms. The van der Waals surface area contributed by atoms with E-state index < -0.39 is 17.4 Å². The molecule has 2 aromatic heterocycles. The molecule has 1 aromatic carbocycles. The van der Waals surface area contributed by atoms with Crippen molar-refractivity contribution in [3.05, 3.63) is 56.2 Å². The summed E-state index contributed by atoms with van der Waals surface area (Å²) in [5, 5.41) is 10.3. The number of benzene rings is 1. The van der Waals surface area contributed by atoms with E-state index in [4.69, 9.17) is 11.6 Å². The van der Waals surface area contributed by atoms with Crippen LogP contribution in [0.15, 0.2) is 39.0 Å². The summed E-state index contributed by atoms with van der Waals surface area (Å²) in [5.74, 6) is 0.455. The maximum absolute atomic E-state index is 12.4. The van der Waals surface area contributed by atoms with Crippen LogP contribution in [-0.4, -0.2) is 41.9 Å². The van der Waals surface area contributed by atoms with E-state index in [1.54, 1.807) is 11.6 Å². The van der Waals surface area contributed by atoms with Crippen molar-refractivity contribution in [2.75, 3.05) is 11.6 Å². The monoisotopic (exact) mass is 394 g/mol. The van der Waals surface area contributed by atoms with Crippen LogP contribution in [0, 0.1) is 6.92 Å². The average Bonchev–Trinajstić information content (AvgIpc) is 2.96. The van der Waals surface area contributed by atoms with Gasteiger partial charge in [-0.25, -0.2) is 9.78 Å². The van der Waals surface area contributed by atoms with Gasteiger partial charge in [0.1, 0.15) is 0 Å². The maximum Gasteiger partial charge on any atom is 0.329 e. The molecule has 3 rings (SSSR count). The molecule has 0 radical (unpaired) electrons. The quantitative estimate of drug-likeness (QED) is 0.488. The minimum atomic E-state index is -0.684. The Morgan fingerprint density at radius 3 is 2.85 bits per heavy atom. The van der Waals surface area contributed by atoms with Gasteiger partial charge in [0.05, 0.1) is 12.6 Å². The van der Waals surface area contributed by atoms with E-state index in [0.29, 0.717) is 28.6 Å². The number of halogens is 1. The Morgan fingerprint density at radius 2 is 2.15 bits per heavy atom. The summed E-state index contributed by atoms with van der Waals surface area (Å²) in [6, 6.07) is 7.95. The van der Waals surface area contributed by atoms with Crippen molar-refractivity contribution in [2.45, 2.75) is 24.7 Å². The van der Waals surface area contributed by atoms with Crippen molar-refractivity contribution in [1.29, 1.82) is 0 Å². The van der Waals surface area contributed by atoms with E-state index in [9.17, 15) is 14.7 Å². The number of alkyl halides is 1. The van der Waals surface area contributed by atoms with Crippen molar-refractivity contribution >= 4 is 34.5 Å². The van der Waals surface area contributed by atoms with E-state index in [1.807, 2.05) is 31.2 Å². The molecule has 3 aromatic rings. The van der Waals surface area contributed by atoms with Gasteiger partial charge in [0, 0.05) is 18.7 Å². The van der Waals surface area contributed by atoms with E-state index in [-0.39, 0.29) is 5.88 Å². The molecule has 0 fully saturated rings. The molecule has 7 nitrogen and oxygen atoms in total. The molecular weight excluding hydrogens is 376 g/mol. The van der Waals surface area contributed by atoms with Crippen LogP contribution >= 0.6 is 23.4 Å². The van der Waals surface area contributed by atoms with Crippen molar-refractivity contribution in [3.8, 4) is 0 Å². The lowest BCUT2D eigenvalue weighted by Gasteiger charge is -2.10. The molecule has 0 saturated carbocycles. The molecule has 0 saturated heterocycles. The molecule has 138 valence electrons. The fourth-order valence-corrected chi connectivity index (χ4v) is 3.84. The van der Waals surface area contributed by atoms with Gasteiger partial charge in [0.25, 0.3) is 5.56 Å². The summed E-state index contributed by atoms with van der Waals surface area (Å²) in [6.45, 7) is 2.43. The predicted molar refractivity (Wildman–Crippen MR) is 103 cm³/mol. The summed E-state index contributed by atoms with van der Waals surface area (Å²) < 4.78 is 3.08. The molecule has 2 N–H and O–H groups in total. The van der Waals surface area contributed by atoms with Gasteiger partial charge in [-0.05, 0) is 12.5 Å². The Morgan fingerprint density at radius 1 is 1.38 bits per heavy atom. The normalized spacial score (nSPS) is 12.6. The van der Waals surface area contributed by atoms with Crippen LogP contribution in [0.5, 0.6) is 0 Å². The summed E-state index contributed by atoms with van der Waals surface area (Å²) >= 11 is 6.97. The zero-order valence-electron chi connectivity index (χ0n) is 14.4. The third-order valence-electron chi connectivity index (χ3n) is 3.98. The van der Waals surface area contributed by atoms with Gasteiger partial charge in [-0.1, -0.05) is 41.6 Å². The molecule has 9 heteroatoms. The smallest absolute Gasteiger partial charge is 0.329 e. The zero-order chi connectivity index (χ0) is 18.8. The lowest BCUT2D eigenvalue weighted by molar-refractivity contribution is 0.223. The second-order valence-corrected chi connectivity index (χ2v) is 7.37. The van der Waals surface area contributed by atoms with Crippen LogP contribution in [0.2, 0.25) is 0 Å². The number of nitrogens with zero attached hydrogens (tertiary/aromatic N) is 3. The largest absolute Gasteiger partial charge is 0.391 e. The minimum Gasteiger partial charge on any atom is -0.391 e. The third kappa shape index (κ3) is 3.72. The second kappa shape index (κ2) is 7.69. The molecule has 2 heterocycles. The molecule has 26 heavy (non-hydrogen) atoms. The van der Waals surface area contributed by atoms with Gasteiger partial charge in [-0.15, -0.1) is 11.6 Å². The topological polar surface area (TPSA) is 92.9 Å². The van der Waals surface area contributed by atoms with Crippen molar-refractivity contribution < 1.29 is 5.11 Å². The van der Waals surface area contributed by atoms with E-state index in [1.165, 1.54) is 16.3 Å². The zero-order valence-corrected chi connectivity index (χ0v) is 16.0. The highest BCUT2D eigenvalue weighted by atomic mass is 35.5. The van der Waals surface area contributed by atoms with Gasteiger partial charge >= 0.3 is 5.69 Å². The molecule has 0 amide bonds. The first-order chi connectivity index (χ1) is 12.4. The summed E-state index contributed by atoms with van der Waals surface area (Å²) in [7, 11) is 1.56. The average molecular weight is 395 g/mol. The Hall–Kier alpha value is -2.03. The molecule has 1 atom stereocenters. The summed E-state index contributed by atoms with van der Waals surface area (Å²) in [5.41, 5.74) is 1.77. The van der Waals surface area contributed by atoms with E-state index in [2.05, 4.69) is 9.97 Å². The Labute approximate surface area is 158 Å². The number of H-pyrrole nitrogens is 1. The molecule has 0 aliphatic carbocycles. The van der Waals surface area contributed by atoms with Gasteiger partial charge in [0.2, 0.25) is 0 Å². The SMILES string of the molecule is Cc1cccc(Cn2c(SC[C@H](O)CCl)nc3c2c(=O)[nH]c(=O)n3C)c1. The van der Waals surface area contributed by atoms with Crippen LogP contribution in [0.3, 0.4) is 0 Å². The van der Waals surface area contributed by atoms with Gasteiger partial charge < -0.3 is 9.67 Å². The molecule has 0 aliphatic heterocycles. The number of fused-ring (bicyclic) bond motifs is 1. The number of imidazole rings is 1. The first kappa shape index (κ1) is 18.8. The molecular formula is C17H19ClN4O3S. The van der Waals surface area contributed by atoms with Crippen LogP contribution in [0.4, 0.5) is 0 Å². The van der Waals surface area contributed by atoms with Crippen molar-refractivity contribution in [3.63, 3.8) is 0 Å². The van der Waals surface area contributed by atoms with Crippen molar-refractivity contribution in [1.82, 2.24) is 19.1 Å². The Bertz CT molecular complexity index is 1060. The number of nitrogens with one attached hydrogen (secondary N) is 1. The highest BCUT2D eigenvalue weighted by molar-refractivity contribution is 7.99. The molecule has 0 bridgehead atoms. The van der Waals surface area contributed by atoms with Gasteiger partial charge in [-0.3, -0.25) is 14.3 Å². The van der Waals surface area contributed by atoms with Crippen LogP contribution in [0.25, 0.3) is 11.2 Å². The highest BCUT2D eigenvalue weighted by Gasteiger charge is 2.19. The number of rotatable bonds is 6. The van der Waals surface area contributed by atoms with Crippen LogP contribution in [0.1, 0.15) is 11.1 Å². The lowest BCUT2D eigenvalue weighted by atomic mass is 10.1. The summed E-state index contributed by atoms with van der Waals surface area (Å²) in [6.07, 6.45) is -0.684. The number of aryl methyl sites for hydroxylation is 2. The lowest BCUT2D eigenvalue weighted by Crippen LogP contribution is -2.29. The van der Waals surface area contributed by atoms with Gasteiger partial charge in [0.15, 0.2) is 16.3 Å². The van der Waals surface area contributed by atoms with Crippen molar-refractivity contribution in [2.24, 2.45) is 7.05 Å². The Balaban J connectivity index is 2.14. The fraction of sp³-hybridized carbons (Fsp3) is 0.353. The van der Waals surface area contributed by atoms with Crippen LogP contribution < -0.4 is 11.2 Å². The predicted octanol–water partition coefficient (Wildman–Crippen LogP) is 1.47. The number of aromatic nitrogens is 4. The molecule has 0 unspecified atom stereocenters. The van der Waals surface area contributed by atoms with Crippen LogP contribution in [-0.2, 0) is 13.6 Å². The fourth-order valence-electron chi connectivity index (χ4n) is 2.68. The summed E-state index contributed by atoms with van der Waals surface area (Å²) in [4.78, 5) is 31.1. The van der Waals surface area contributed by atoms with E-state index >= 15 is 0 Å². The molecule has 0 aliphatic rings. The number of hydrogen-bond acceptors (Lipinski definition) is 5. The third-order valence-corrected chi connectivity index (χ3v) is 5.46. The van der Waals surface area contributed by atoms with E-state index in [0.717, 1.165) is 11.1 Å². The Kier molecular flexibility index (Phi) is 5.55.